The molecule has 0 saturated heterocycles. The summed E-state index contributed by atoms with van der Waals surface area (Å²) in [6, 6.07) is 3.12. The zero-order valence-corrected chi connectivity index (χ0v) is 7.67. The average Bonchev–Trinajstić information content (AvgIpc) is 2.16. The van der Waals surface area contributed by atoms with Crippen LogP contribution in [-0.2, 0) is 5.88 Å². The van der Waals surface area contributed by atoms with Crippen LogP contribution in [0.3, 0.4) is 0 Å². The fourth-order valence-electron chi connectivity index (χ4n) is 1.03. The molecule has 0 amide bonds. The molecule has 1 aromatic rings. The Morgan fingerprint density at radius 1 is 1.50 bits per heavy atom. The van der Waals surface area contributed by atoms with E-state index in [1.54, 1.807) is 0 Å². The number of hydrogen-bond donors (Lipinski definition) is 0. The van der Waals surface area contributed by atoms with Crippen molar-refractivity contribution in [2.24, 2.45) is 0 Å². The van der Waals surface area contributed by atoms with Gasteiger partial charge >= 0.3 is 0 Å². The van der Waals surface area contributed by atoms with E-state index in [1.165, 1.54) is 0 Å². The number of benzene rings is 1. The van der Waals surface area contributed by atoms with Gasteiger partial charge < -0.3 is 0 Å². The molecular formula is C8H6ClF2NO2. The second kappa shape index (κ2) is 4.32. The Morgan fingerprint density at radius 3 is 2.57 bits per heavy atom. The summed E-state index contributed by atoms with van der Waals surface area (Å²) in [6.45, 7) is 0. The number of hydrogen-bond acceptors (Lipinski definition) is 2. The van der Waals surface area contributed by atoms with Crippen molar-refractivity contribution in [2.45, 2.75) is 12.3 Å². The van der Waals surface area contributed by atoms with Crippen LogP contribution < -0.4 is 0 Å². The van der Waals surface area contributed by atoms with Crippen LogP contribution in [0.15, 0.2) is 18.2 Å². The zero-order valence-electron chi connectivity index (χ0n) is 6.91. The van der Waals surface area contributed by atoms with Gasteiger partial charge in [-0.15, -0.1) is 11.6 Å². The second-order valence-electron chi connectivity index (χ2n) is 2.58. The van der Waals surface area contributed by atoms with Crippen molar-refractivity contribution in [1.82, 2.24) is 0 Å². The van der Waals surface area contributed by atoms with Crippen molar-refractivity contribution < 1.29 is 13.7 Å². The normalized spacial score (nSPS) is 10.6. The first-order chi connectivity index (χ1) is 6.56. The van der Waals surface area contributed by atoms with E-state index < -0.39 is 11.3 Å². The van der Waals surface area contributed by atoms with Gasteiger partial charge in [0.05, 0.1) is 10.8 Å². The molecule has 0 saturated carbocycles. The lowest BCUT2D eigenvalue weighted by Gasteiger charge is -2.02. The summed E-state index contributed by atoms with van der Waals surface area (Å²) < 4.78 is 24.4. The Balaban J connectivity index is 3.18. The van der Waals surface area contributed by atoms with Gasteiger partial charge in [-0.1, -0.05) is 0 Å². The highest BCUT2D eigenvalue weighted by molar-refractivity contribution is 6.17. The molecule has 0 bridgehead atoms. The fraction of sp³-hybridized carbons (Fsp3) is 0.250. The molecule has 0 aliphatic rings. The minimum Gasteiger partial charge on any atom is -0.258 e. The Labute approximate surface area is 83.4 Å². The molecule has 76 valence electrons. The van der Waals surface area contributed by atoms with E-state index in [-0.39, 0.29) is 22.7 Å². The van der Waals surface area contributed by atoms with Crippen LogP contribution in [0.4, 0.5) is 14.5 Å². The van der Waals surface area contributed by atoms with E-state index in [9.17, 15) is 18.9 Å². The maximum Gasteiger partial charge on any atom is 0.273 e. The molecule has 6 heteroatoms. The summed E-state index contributed by atoms with van der Waals surface area (Å²) in [4.78, 5) is 9.78. The number of alkyl halides is 3. The van der Waals surface area contributed by atoms with Crippen LogP contribution in [0.2, 0.25) is 0 Å². The van der Waals surface area contributed by atoms with Gasteiger partial charge in [-0.25, -0.2) is 8.78 Å². The Hall–Kier alpha value is -1.23. The highest BCUT2D eigenvalue weighted by Gasteiger charge is 2.16. The van der Waals surface area contributed by atoms with Gasteiger partial charge in [-0.2, -0.15) is 0 Å². The fourth-order valence-corrected chi connectivity index (χ4v) is 1.24. The van der Waals surface area contributed by atoms with Gasteiger partial charge in [-0.05, 0) is 12.1 Å². The van der Waals surface area contributed by atoms with Crippen molar-refractivity contribution in [3.05, 3.63) is 39.4 Å². The monoisotopic (exact) mass is 221 g/mol. The number of nitro benzene ring substituents is 1. The Morgan fingerprint density at radius 2 is 2.14 bits per heavy atom. The molecule has 0 radical (unpaired) electrons. The second-order valence-corrected chi connectivity index (χ2v) is 2.85. The molecule has 0 N–H and O–H groups in total. The molecule has 0 aliphatic carbocycles. The highest BCUT2D eigenvalue weighted by atomic mass is 35.5. The summed E-state index contributed by atoms with van der Waals surface area (Å²) in [6.07, 6.45) is -2.64. The Bertz CT molecular complexity index is 357. The largest absolute Gasteiger partial charge is 0.273 e. The summed E-state index contributed by atoms with van der Waals surface area (Å²) in [5.41, 5.74) is -0.384. The molecular weight excluding hydrogens is 216 g/mol. The predicted octanol–water partition coefficient (Wildman–Crippen LogP) is 3.27. The van der Waals surface area contributed by atoms with Crippen molar-refractivity contribution >= 4 is 17.3 Å². The van der Waals surface area contributed by atoms with Gasteiger partial charge in [0.15, 0.2) is 0 Å². The summed E-state index contributed by atoms with van der Waals surface area (Å²) in [5, 5.41) is 10.4. The van der Waals surface area contributed by atoms with Gasteiger partial charge in [0.25, 0.3) is 12.1 Å². The van der Waals surface area contributed by atoms with Gasteiger partial charge in [-0.3, -0.25) is 10.1 Å². The number of rotatable bonds is 3. The Kier molecular flexibility index (Phi) is 3.35. The first kappa shape index (κ1) is 10.8. The maximum atomic E-state index is 12.2. The molecule has 1 aromatic carbocycles. The summed E-state index contributed by atoms with van der Waals surface area (Å²) in [5.74, 6) is -0.156. The standard InChI is InChI=1S/C8H6ClF2NO2/c9-4-6-3-5(8(10)11)1-2-7(6)12(13)14/h1-3,8H,4H2. The minimum absolute atomic E-state index is 0.106. The SMILES string of the molecule is O=[N+]([O-])c1ccc(C(F)F)cc1CCl. The molecule has 0 heterocycles. The predicted molar refractivity (Wildman–Crippen MR) is 47.6 cm³/mol. The average molecular weight is 222 g/mol. The lowest BCUT2D eigenvalue weighted by molar-refractivity contribution is -0.385. The quantitative estimate of drug-likeness (QED) is 0.447. The first-order valence-electron chi connectivity index (χ1n) is 3.67. The first-order valence-corrected chi connectivity index (χ1v) is 4.21. The van der Waals surface area contributed by atoms with Crippen molar-refractivity contribution in [3.63, 3.8) is 0 Å². The maximum absolute atomic E-state index is 12.2. The van der Waals surface area contributed by atoms with Crippen LogP contribution in [0.5, 0.6) is 0 Å². The lowest BCUT2D eigenvalue weighted by Crippen LogP contribution is -1.95. The van der Waals surface area contributed by atoms with Crippen molar-refractivity contribution in [3.8, 4) is 0 Å². The smallest absolute Gasteiger partial charge is 0.258 e. The van der Waals surface area contributed by atoms with Gasteiger partial charge in [0.2, 0.25) is 0 Å². The molecule has 1 rings (SSSR count). The summed E-state index contributed by atoms with van der Waals surface area (Å²) >= 11 is 5.40. The zero-order chi connectivity index (χ0) is 10.7. The third-order valence-electron chi connectivity index (χ3n) is 1.70. The third-order valence-corrected chi connectivity index (χ3v) is 1.98. The molecule has 0 aromatic heterocycles. The lowest BCUT2D eigenvalue weighted by atomic mass is 10.1. The molecule has 3 nitrogen and oxygen atoms in total. The molecule has 0 aliphatic heterocycles. The van der Waals surface area contributed by atoms with E-state index in [1.807, 2.05) is 0 Å². The van der Waals surface area contributed by atoms with Crippen LogP contribution >= 0.6 is 11.6 Å². The van der Waals surface area contributed by atoms with E-state index >= 15 is 0 Å². The number of halogens is 3. The molecule has 14 heavy (non-hydrogen) atoms. The van der Waals surface area contributed by atoms with E-state index in [0.717, 1.165) is 18.2 Å². The third kappa shape index (κ3) is 2.17. The van der Waals surface area contributed by atoms with Crippen LogP contribution in [0.25, 0.3) is 0 Å². The number of nitrogens with zero attached hydrogens (tertiary/aromatic N) is 1. The van der Waals surface area contributed by atoms with Crippen molar-refractivity contribution in [1.29, 1.82) is 0 Å². The molecule has 0 unspecified atom stereocenters. The topological polar surface area (TPSA) is 43.1 Å². The van der Waals surface area contributed by atoms with Crippen molar-refractivity contribution in [2.75, 3.05) is 0 Å². The molecule has 0 fully saturated rings. The number of nitro groups is 1. The highest BCUT2D eigenvalue weighted by Crippen LogP contribution is 2.26. The van der Waals surface area contributed by atoms with E-state index in [2.05, 4.69) is 0 Å². The van der Waals surface area contributed by atoms with Crippen LogP contribution in [0, 0.1) is 10.1 Å². The minimum atomic E-state index is -2.64. The van der Waals surface area contributed by atoms with Gasteiger partial charge in [0, 0.05) is 17.2 Å². The molecule has 0 atom stereocenters. The van der Waals surface area contributed by atoms with Crippen LogP contribution in [-0.4, -0.2) is 4.92 Å². The van der Waals surface area contributed by atoms with E-state index in [0.29, 0.717) is 0 Å². The van der Waals surface area contributed by atoms with E-state index in [4.69, 9.17) is 11.6 Å². The summed E-state index contributed by atoms with van der Waals surface area (Å²) in [7, 11) is 0. The molecule has 0 spiro atoms. The van der Waals surface area contributed by atoms with Crippen LogP contribution in [0.1, 0.15) is 17.6 Å². The van der Waals surface area contributed by atoms with Gasteiger partial charge in [0.1, 0.15) is 0 Å².